The zero-order valence-electron chi connectivity index (χ0n) is 13.6. The van der Waals surface area contributed by atoms with Gasteiger partial charge in [-0.2, -0.15) is 0 Å². The van der Waals surface area contributed by atoms with Crippen LogP contribution in [-0.2, 0) is 4.79 Å². The lowest BCUT2D eigenvalue weighted by atomic mass is 10.1. The van der Waals surface area contributed by atoms with E-state index in [1.165, 1.54) is 4.90 Å². The summed E-state index contributed by atoms with van der Waals surface area (Å²) in [6, 6.07) is 2.94. The molecule has 0 bridgehead atoms. The summed E-state index contributed by atoms with van der Waals surface area (Å²) < 4.78 is 27.0. The Balaban J connectivity index is 1.57. The van der Waals surface area contributed by atoms with Crippen LogP contribution < -0.4 is 5.32 Å². The summed E-state index contributed by atoms with van der Waals surface area (Å²) in [4.78, 5) is 27.9. The first kappa shape index (κ1) is 16.8. The molecule has 2 fully saturated rings. The molecule has 0 aromatic heterocycles. The molecule has 7 heteroatoms. The maximum absolute atomic E-state index is 13.7. The number of carbonyl (C=O) groups excluding carboxylic acids is 2. The van der Waals surface area contributed by atoms with E-state index in [0.29, 0.717) is 32.2 Å². The summed E-state index contributed by atoms with van der Waals surface area (Å²) in [5, 5.41) is 2.97. The third-order valence-corrected chi connectivity index (χ3v) is 4.61. The molecule has 1 atom stereocenters. The minimum Gasteiger partial charge on any atom is -0.352 e. The largest absolute Gasteiger partial charge is 0.352 e. The van der Waals surface area contributed by atoms with Crippen molar-refractivity contribution in [2.75, 3.05) is 26.2 Å². The first-order chi connectivity index (χ1) is 11.5. The quantitative estimate of drug-likeness (QED) is 0.903. The molecule has 1 aliphatic carbocycles. The van der Waals surface area contributed by atoms with Gasteiger partial charge in [-0.3, -0.25) is 14.5 Å². The molecule has 1 saturated carbocycles. The molecular formula is C17H21F2N3O2. The molecule has 0 radical (unpaired) electrons. The number of nitrogens with zero attached hydrogens (tertiary/aromatic N) is 2. The van der Waals surface area contributed by atoms with Gasteiger partial charge in [0.2, 0.25) is 5.91 Å². The topological polar surface area (TPSA) is 52.7 Å². The van der Waals surface area contributed by atoms with Gasteiger partial charge in [0.15, 0.2) is 0 Å². The first-order valence-electron chi connectivity index (χ1n) is 8.24. The maximum atomic E-state index is 13.7. The van der Waals surface area contributed by atoms with Gasteiger partial charge in [-0.05, 0) is 38.0 Å². The Bertz CT molecular complexity index is 641. The number of rotatable bonds is 4. The van der Waals surface area contributed by atoms with Crippen molar-refractivity contribution in [2.24, 2.45) is 0 Å². The van der Waals surface area contributed by atoms with Crippen LogP contribution >= 0.6 is 0 Å². The molecule has 1 heterocycles. The smallest absolute Gasteiger partial charge is 0.257 e. The number of halogens is 2. The maximum Gasteiger partial charge on any atom is 0.257 e. The van der Waals surface area contributed by atoms with Crippen LogP contribution in [0.2, 0.25) is 0 Å². The van der Waals surface area contributed by atoms with E-state index in [2.05, 4.69) is 5.32 Å². The molecule has 2 aliphatic rings. The Morgan fingerprint density at radius 1 is 1.17 bits per heavy atom. The van der Waals surface area contributed by atoms with E-state index >= 15 is 0 Å². The van der Waals surface area contributed by atoms with Crippen molar-refractivity contribution in [2.45, 2.75) is 31.8 Å². The van der Waals surface area contributed by atoms with Gasteiger partial charge >= 0.3 is 0 Å². The Morgan fingerprint density at radius 3 is 2.46 bits per heavy atom. The van der Waals surface area contributed by atoms with Crippen LogP contribution in [0.25, 0.3) is 0 Å². The van der Waals surface area contributed by atoms with Crippen molar-refractivity contribution >= 4 is 11.8 Å². The number of piperazine rings is 1. The zero-order chi connectivity index (χ0) is 17.3. The Kier molecular flexibility index (Phi) is 4.80. The number of hydrogen-bond donors (Lipinski definition) is 1. The van der Waals surface area contributed by atoms with Crippen molar-refractivity contribution in [3.8, 4) is 0 Å². The van der Waals surface area contributed by atoms with Gasteiger partial charge in [-0.15, -0.1) is 0 Å². The molecule has 1 aliphatic heterocycles. The molecule has 3 rings (SSSR count). The number of hydrogen-bond acceptors (Lipinski definition) is 3. The molecule has 130 valence electrons. The van der Waals surface area contributed by atoms with Gasteiger partial charge < -0.3 is 10.2 Å². The van der Waals surface area contributed by atoms with E-state index in [9.17, 15) is 18.4 Å². The summed E-state index contributed by atoms with van der Waals surface area (Å²) in [6.07, 6.45) is 2.08. The number of benzene rings is 1. The molecule has 1 N–H and O–H groups in total. The van der Waals surface area contributed by atoms with Crippen molar-refractivity contribution in [1.82, 2.24) is 15.1 Å². The highest BCUT2D eigenvalue weighted by Gasteiger charge is 2.31. The highest BCUT2D eigenvalue weighted by molar-refractivity contribution is 5.94. The molecule has 2 amide bonds. The van der Waals surface area contributed by atoms with E-state index in [1.807, 2.05) is 11.8 Å². The van der Waals surface area contributed by atoms with Crippen LogP contribution in [0.1, 0.15) is 30.1 Å². The second-order valence-electron chi connectivity index (χ2n) is 6.41. The number of nitrogens with one attached hydrogen (secondary N) is 1. The molecule has 1 unspecified atom stereocenters. The molecule has 1 saturated heterocycles. The summed E-state index contributed by atoms with van der Waals surface area (Å²) in [5.74, 6) is -1.86. The average Bonchev–Trinajstić information content (AvgIpc) is 3.40. The highest BCUT2D eigenvalue weighted by atomic mass is 19.1. The first-order valence-corrected chi connectivity index (χ1v) is 8.24. The fourth-order valence-electron chi connectivity index (χ4n) is 2.86. The second-order valence-corrected chi connectivity index (χ2v) is 6.41. The molecular weight excluding hydrogens is 316 g/mol. The van der Waals surface area contributed by atoms with E-state index < -0.39 is 17.5 Å². The van der Waals surface area contributed by atoms with Crippen LogP contribution in [0.4, 0.5) is 8.78 Å². The van der Waals surface area contributed by atoms with Gasteiger partial charge in [-0.1, -0.05) is 0 Å². The van der Waals surface area contributed by atoms with Crippen LogP contribution in [0, 0.1) is 11.6 Å². The van der Waals surface area contributed by atoms with Crippen LogP contribution in [0.5, 0.6) is 0 Å². The van der Waals surface area contributed by atoms with Gasteiger partial charge in [0.05, 0.1) is 11.6 Å². The number of carbonyl (C=O) groups is 2. The van der Waals surface area contributed by atoms with Gasteiger partial charge in [-0.25, -0.2) is 8.78 Å². The van der Waals surface area contributed by atoms with Gasteiger partial charge in [0, 0.05) is 32.2 Å². The minimum absolute atomic E-state index is 0.00783. The molecule has 5 nitrogen and oxygen atoms in total. The summed E-state index contributed by atoms with van der Waals surface area (Å²) in [5.41, 5.74) is -0.247. The van der Waals surface area contributed by atoms with Crippen molar-refractivity contribution in [3.05, 3.63) is 35.4 Å². The van der Waals surface area contributed by atoms with Crippen LogP contribution in [0.3, 0.4) is 0 Å². The van der Waals surface area contributed by atoms with Gasteiger partial charge in [0.1, 0.15) is 11.6 Å². The average molecular weight is 337 g/mol. The molecule has 0 spiro atoms. The van der Waals surface area contributed by atoms with Crippen LogP contribution in [0.15, 0.2) is 18.2 Å². The Hall–Kier alpha value is -2.02. The van der Waals surface area contributed by atoms with Gasteiger partial charge in [0.25, 0.3) is 5.91 Å². The Morgan fingerprint density at radius 2 is 1.83 bits per heavy atom. The predicted octanol–water partition coefficient (Wildman–Crippen LogP) is 1.39. The molecule has 1 aromatic rings. The fourth-order valence-corrected chi connectivity index (χ4v) is 2.86. The predicted molar refractivity (Wildman–Crippen MR) is 84.5 cm³/mol. The fraction of sp³-hybridized carbons (Fsp3) is 0.529. The SMILES string of the molecule is CC(C(=O)NC1CC1)N1CCN(C(=O)c2cc(F)ccc2F)CC1. The number of amides is 2. The van der Waals surface area contributed by atoms with E-state index in [1.54, 1.807) is 0 Å². The summed E-state index contributed by atoms with van der Waals surface area (Å²) >= 11 is 0. The van der Waals surface area contributed by atoms with Crippen LogP contribution in [-0.4, -0.2) is 59.9 Å². The summed E-state index contributed by atoms with van der Waals surface area (Å²) in [7, 11) is 0. The van der Waals surface area contributed by atoms with Crippen molar-refractivity contribution in [1.29, 1.82) is 0 Å². The highest BCUT2D eigenvalue weighted by Crippen LogP contribution is 2.19. The third-order valence-electron chi connectivity index (χ3n) is 4.61. The molecule has 1 aromatic carbocycles. The lowest BCUT2D eigenvalue weighted by molar-refractivity contribution is -0.126. The van der Waals surface area contributed by atoms with Crippen molar-refractivity contribution < 1.29 is 18.4 Å². The minimum atomic E-state index is -0.721. The normalized spacial score (nSPS) is 19.9. The van der Waals surface area contributed by atoms with Crippen molar-refractivity contribution in [3.63, 3.8) is 0 Å². The third kappa shape index (κ3) is 3.72. The lowest BCUT2D eigenvalue weighted by Crippen LogP contribution is -2.55. The zero-order valence-corrected chi connectivity index (χ0v) is 13.6. The Labute approximate surface area is 139 Å². The second kappa shape index (κ2) is 6.84. The summed E-state index contributed by atoms with van der Waals surface area (Å²) in [6.45, 7) is 3.68. The standard InChI is InChI=1S/C17H21F2N3O2/c1-11(16(23)20-13-3-4-13)21-6-8-22(9-7-21)17(24)14-10-12(18)2-5-15(14)19/h2,5,10-11,13H,3-4,6-9H2,1H3,(H,20,23). The van der Waals surface area contributed by atoms with E-state index in [0.717, 1.165) is 31.0 Å². The molecule has 24 heavy (non-hydrogen) atoms. The van der Waals surface area contributed by atoms with E-state index in [-0.39, 0.29) is 17.5 Å². The lowest BCUT2D eigenvalue weighted by Gasteiger charge is -2.37. The monoisotopic (exact) mass is 337 g/mol. The van der Waals surface area contributed by atoms with E-state index in [4.69, 9.17) is 0 Å².